The second kappa shape index (κ2) is 7.96. The van der Waals surface area contributed by atoms with Crippen LogP contribution in [0, 0.1) is 11.8 Å². The molecule has 0 amide bonds. The van der Waals surface area contributed by atoms with Gasteiger partial charge in [-0.05, 0) is 13.3 Å². The molecule has 13 heavy (non-hydrogen) atoms. The van der Waals surface area contributed by atoms with Gasteiger partial charge in [0.05, 0.1) is 0 Å². The van der Waals surface area contributed by atoms with Gasteiger partial charge in [0.25, 0.3) is 6.43 Å². The summed E-state index contributed by atoms with van der Waals surface area (Å²) in [4.78, 5) is 0. The topological polar surface area (TPSA) is 35.2 Å². The van der Waals surface area contributed by atoms with E-state index in [1.165, 1.54) is 0 Å². The summed E-state index contributed by atoms with van der Waals surface area (Å²) < 4.78 is 27.8. The van der Waals surface area contributed by atoms with Crippen molar-refractivity contribution in [2.24, 2.45) is 5.73 Å². The van der Waals surface area contributed by atoms with Crippen LogP contribution in [-0.2, 0) is 4.74 Å². The van der Waals surface area contributed by atoms with E-state index in [2.05, 4.69) is 16.6 Å². The predicted octanol–water partition coefficient (Wildman–Crippen LogP) is 1.40. The van der Waals surface area contributed by atoms with Crippen LogP contribution < -0.4 is 5.73 Å². The van der Waals surface area contributed by atoms with Crippen molar-refractivity contribution >= 4 is 0 Å². The zero-order chi connectivity index (χ0) is 10.1. The maximum Gasteiger partial charge on any atom is 0.261 e. The third-order valence-corrected chi connectivity index (χ3v) is 1.42. The van der Waals surface area contributed by atoms with Gasteiger partial charge in [-0.1, -0.05) is 0 Å². The second-order valence-electron chi connectivity index (χ2n) is 2.65. The highest BCUT2D eigenvalue weighted by Crippen LogP contribution is 1.97. The second-order valence-corrected chi connectivity index (χ2v) is 2.65. The molecule has 0 fully saturated rings. The first-order valence-corrected chi connectivity index (χ1v) is 4.18. The Morgan fingerprint density at radius 3 is 2.69 bits per heavy atom. The molecule has 0 aromatic carbocycles. The maximum atomic E-state index is 11.6. The number of nitrogens with two attached hydrogens (primary N) is 1. The zero-order valence-electron chi connectivity index (χ0n) is 7.72. The van der Waals surface area contributed by atoms with Crippen LogP contribution in [0.2, 0.25) is 0 Å². The lowest BCUT2D eigenvalue weighted by molar-refractivity contribution is 0.0153. The zero-order valence-corrected chi connectivity index (χ0v) is 7.72. The number of rotatable bonds is 6. The van der Waals surface area contributed by atoms with Gasteiger partial charge in [-0.15, -0.1) is 11.8 Å². The van der Waals surface area contributed by atoms with Crippen molar-refractivity contribution in [3.05, 3.63) is 0 Å². The Balaban J connectivity index is 3.25. The first-order valence-electron chi connectivity index (χ1n) is 4.18. The SMILES string of the molecule is CC#CCC(N)CCOCC(F)F. The van der Waals surface area contributed by atoms with Crippen molar-refractivity contribution in [3.63, 3.8) is 0 Å². The van der Waals surface area contributed by atoms with Gasteiger partial charge >= 0.3 is 0 Å². The van der Waals surface area contributed by atoms with E-state index in [0.29, 0.717) is 12.8 Å². The van der Waals surface area contributed by atoms with Crippen molar-refractivity contribution in [2.75, 3.05) is 13.2 Å². The van der Waals surface area contributed by atoms with Crippen LogP contribution in [0.25, 0.3) is 0 Å². The molecular formula is C9H15F2NO. The molecule has 2 N–H and O–H groups in total. The lowest BCUT2D eigenvalue weighted by Gasteiger charge is -2.07. The molecule has 0 aliphatic rings. The normalized spacial score (nSPS) is 12.4. The van der Waals surface area contributed by atoms with Crippen molar-refractivity contribution in [1.29, 1.82) is 0 Å². The number of alkyl halides is 2. The molecule has 2 nitrogen and oxygen atoms in total. The molecule has 1 atom stereocenters. The Labute approximate surface area is 77.4 Å². The Hall–Kier alpha value is -0.660. The highest BCUT2D eigenvalue weighted by atomic mass is 19.3. The van der Waals surface area contributed by atoms with Gasteiger partial charge in [-0.2, -0.15) is 0 Å². The number of hydrogen-bond acceptors (Lipinski definition) is 2. The minimum absolute atomic E-state index is 0.0786. The molecule has 0 aromatic rings. The Morgan fingerprint density at radius 2 is 2.15 bits per heavy atom. The smallest absolute Gasteiger partial charge is 0.261 e. The highest BCUT2D eigenvalue weighted by Gasteiger charge is 2.03. The van der Waals surface area contributed by atoms with E-state index in [1.807, 2.05) is 0 Å². The lowest BCUT2D eigenvalue weighted by Crippen LogP contribution is -2.21. The summed E-state index contributed by atoms with van der Waals surface area (Å²) in [6.07, 6.45) is -1.23. The van der Waals surface area contributed by atoms with Crippen molar-refractivity contribution < 1.29 is 13.5 Å². The number of hydrogen-bond donors (Lipinski definition) is 1. The van der Waals surface area contributed by atoms with Crippen molar-refractivity contribution in [3.8, 4) is 11.8 Å². The quantitative estimate of drug-likeness (QED) is 0.508. The third-order valence-electron chi connectivity index (χ3n) is 1.42. The van der Waals surface area contributed by atoms with Crippen molar-refractivity contribution in [1.82, 2.24) is 0 Å². The fourth-order valence-electron chi connectivity index (χ4n) is 0.742. The van der Waals surface area contributed by atoms with E-state index in [-0.39, 0.29) is 12.6 Å². The molecule has 0 saturated carbocycles. The average Bonchev–Trinajstić information content (AvgIpc) is 2.08. The van der Waals surface area contributed by atoms with Crippen molar-refractivity contribution in [2.45, 2.75) is 32.2 Å². The van der Waals surface area contributed by atoms with Gasteiger partial charge in [0.2, 0.25) is 0 Å². The third kappa shape index (κ3) is 9.25. The fourth-order valence-corrected chi connectivity index (χ4v) is 0.742. The first-order chi connectivity index (χ1) is 6.16. The summed E-state index contributed by atoms with van der Waals surface area (Å²) in [7, 11) is 0. The van der Waals surface area contributed by atoms with Crippen LogP contribution in [-0.4, -0.2) is 25.7 Å². The van der Waals surface area contributed by atoms with Gasteiger partial charge < -0.3 is 10.5 Å². The van der Waals surface area contributed by atoms with Gasteiger partial charge in [-0.3, -0.25) is 0 Å². The summed E-state index contributed by atoms with van der Waals surface area (Å²) in [5.41, 5.74) is 5.61. The molecule has 0 radical (unpaired) electrons. The predicted molar refractivity (Wildman–Crippen MR) is 47.5 cm³/mol. The van der Waals surface area contributed by atoms with Gasteiger partial charge in [0.15, 0.2) is 0 Å². The lowest BCUT2D eigenvalue weighted by atomic mass is 10.2. The summed E-state index contributed by atoms with van der Waals surface area (Å²) >= 11 is 0. The minimum Gasteiger partial charge on any atom is -0.375 e. The van der Waals surface area contributed by atoms with Crippen LogP contribution in [0.1, 0.15) is 19.8 Å². The van der Waals surface area contributed by atoms with Crippen LogP contribution >= 0.6 is 0 Å². The van der Waals surface area contributed by atoms with Gasteiger partial charge in [0.1, 0.15) is 6.61 Å². The van der Waals surface area contributed by atoms with E-state index in [1.54, 1.807) is 6.92 Å². The summed E-state index contributed by atoms with van der Waals surface area (Å²) in [6.45, 7) is 1.50. The average molecular weight is 191 g/mol. The molecule has 0 aliphatic carbocycles. The van der Waals surface area contributed by atoms with Gasteiger partial charge in [0, 0.05) is 19.1 Å². The maximum absolute atomic E-state index is 11.6. The Morgan fingerprint density at radius 1 is 1.46 bits per heavy atom. The number of ether oxygens (including phenoxy) is 1. The van der Waals surface area contributed by atoms with Crippen LogP contribution in [0.4, 0.5) is 8.78 Å². The van der Waals surface area contributed by atoms with Crippen LogP contribution in [0.5, 0.6) is 0 Å². The molecular weight excluding hydrogens is 176 g/mol. The van der Waals surface area contributed by atoms with E-state index in [0.717, 1.165) is 0 Å². The van der Waals surface area contributed by atoms with Gasteiger partial charge in [-0.25, -0.2) is 8.78 Å². The Bertz CT molecular complexity index is 174. The monoisotopic (exact) mass is 191 g/mol. The summed E-state index contributed by atoms with van der Waals surface area (Å²) in [6, 6.07) is -0.0786. The summed E-state index contributed by atoms with van der Waals surface area (Å²) in [5.74, 6) is 5.54. The molecule has 0 aromatic heterocycles. The minimum atomic E-state index is -2.40. The fraction of sp³-hybridized carbons (Fsp3) is 0.778. The van der Waals surface area contributed by atoms with E-state index in [4.69, 9.17) is 5.73 Å². The molecule has 0 aliphatic heterocycles. The van der Waals surface area contributed by atoms with Crippen LogP contribution in [0.3, 0.4) is 0 Å². The largest absolute Gasteiger partial charge is 0.375 e. The molecule has 0 bridgehead atoms. The summed E-state index contributed by atoms with van der Waals surface area (Å²) in [5, 5.41) is 0. The standard InChI is InChI=1S/C9H15F2NO/c1-2-3-4-8(12)5-6-13-7-9(10)11/h8-9H,4-7,12H2,1H3. The molecule has 76 valence electrons. The van der Waals surface area contributed by atoms with E-state index in [9.17, 15) is 8.78 Å². The van der Waals surface area contributed by atoms with Crippen LogP contribution in [0.15, 0.2) is 0 Å². The van der Waals surface area contributed by atoms with E-state index < -0.39 is 13.0 Å². The molecule has 1 unspecified atom stereocenters. The molecule has 4 heteroatoms. The first kappa shape index (κ1) is 12.3. The molecule has 0 heterocycles. The Kier molecular flexibility index (Phi) is 7.56. The molecule has 0 rings (SSSR count). The highest BCUT2D eigenvalue weighted by molar-refractivity contribution is 4.97. The van der Waals surface area contributed by atoms with E-state index >= 15 is 0 Å². The molecule has 0 saturated heterocycles. The number of halogens is 2. The molecule has 0 spiro atoms.